The molecule has 0 amide bonds. The van der Waals surface area contributed by atoms with Gasteiger partial charge in [0.25, 0.3) is 0 Å². The number of hydrogen-bond donors (Lipinski definition) is 1. The minimum atomic E-state index is -1.49. The molecule has 0 unspecified atom stereocenters. The molecule has 266 valence electrons. The smallest absolute Gasteiger partial charge is 0.314 e. The molecular formula is C32H56O13Si. The van der Waals surface area contributed by atoms with E-state index in [0.717, 1.165) is 6.04 Å². The number of hydrogen-bond acceptors (Lipinski definition) is 13. The summed E-state index contributed by atoms with van der Waals surface area (Å²) in [7, 11) is -1.33. The van der Waals surface area contributed by atoms with Gasteiger partial charge in [0, 0.05) is 47.8 Å². The molecule has 0 aromatic carbocycles. The van der Waals surface area contributed by atoms with Crippen molar-refractivity contribution in [1.82, 2.24) is 0 Å². The Labute approximate surface area is 274 Å². The second kappa shape index (κ2) is 16.2. The second-order valence-corrected chi connectivity index (χ2v) is 20.1. The molecule has 3 saturated heterocycles. The van der Waals surface area contributed by atoms with E-state index in [0.29, 0.717) is 13.0 Å². The van der Waals surface area contributed by atoms with Crippen molar-refractivity contribution in [2.75, 3.05) is 6.61 Å². The first-order chi connectivity index (χ1) is 21.3. The summed E-state index contributed by atoms with van der Waals surface area (Å²) >= 11 is 0. The summed E-state index contributed by atoms with van der Waals surface area (Å²) in [5.41, 5.74) is -1.49. The zero-order chi connectivity index (χ0) is 34.6. The first kappa shape index (κ1) is 38.8. The molecule has 3 aliphatic rings. The standard InChI is InChI=1S/C32H56O13Si/c1-17(2)38-31(35)28-18(3)39-27(16-32(28,8)36)45-24-15-26(41-20(5)30(24)43-22(7)34)44-23-14-25(37-12-13-46(9,10)11)40-19(4)29(23)42-21(6)33/h17-20,23-30,36H,12-16H2,1-11H3/t18-,19+,20+,23+,24+,25-,26-,27-,28+,29+,30+,32-/m0/s1. The van der Waals surface area contributed by atoms with Gasteiger partial charge in [0.15, 0.2) is 31.1 Å². The SMILES string of the molecule is CC(=O)O[C@@H]1[C@@H](C)O[C@@H](O[C@@H]2C[C@@H](OCC[Si](C)(C)C)O[C@H](C)[C@H]2OC(C)=O)C[C@H]1O[C@H]1C[C@](C)(O)[C@@H](C(=O)OC(C)C)[C@H](C)O1. The molecule has 3 heterocycles. The van der Waals surface area contributed by atoms with Gasteiger partial charge in [0.1, 0.15) is 18.1 Å². The number of aliphatic hydroxyl groups is 1. The van der Waals surface area contributed by atoms with Crippen LogP contribution in [0.2, 0.25) is 25.7 Å². The Morgan fingerprint density at radius 1 is 0.826 bits per heavy atom. The monoisotopic (exact) mass is 676 g/mol. The van der Waals surface area contributed by atoms with E-state index in [4.69, 9.17) is 42.6 Å². The lowest BCUT2D eigenvalue weighted by atomic mass is 9.80. The molecule has 0 aliphatic carbocycles. The molecule has 0 saturated carbocycles. The van der Waals surface area contributed by atoms with Crippen LogP contribution in [-0.2, 0) is 57.0 Å². The molecule has 3 rings (SSSR count). The summed E-state index contributed by atoms with van der Waals surface area (Å²) in [6, 6.07) is 0.967. The van der Waals surface area contributed by atoms with Crippen LogP contribution in [0.4, 0.5) is 0 Å². The van der Waals surface area contributed by atoms with E-state index in [9.17, 15) is 19.5 Å². The van der Waals surface area contributed by atoms with Gasteiger partial charge in [0.2, 0.25) is 0 Å². The molecule has 1 N–H and O–H groups in total. The first-order valence-electron chi connectivity index (χ1n) is 16.4. The van der Waals surface area contributed by atoms with Crippen molar-refractivity contribution >= 4 is 26.0 Å². The highest BCUT2D eigenvalue weighted by atomic mass is 28.3. The van der Waals surface area contributed by atoms with Gasteiger partial charge in [-0.3, -0.25) is 14.4 Å². The van der Waals surface area contributed by atoms with Crippen LogP contribution in [0.3, 0.4) is 0 Å². The summed E-state index contributed by atoms with van der Waals surface area (Å²) in [5, 5.41) is 11.3. The van der Waals surface area contributed by atoms with E-state index in [1.165, 1.54) is 13.8 Å². The number of carbonyl (C=O) groups excluding carboxylic acids is 3. The minimum absolute atomic E-state index is 0.0261. The molecule has 3 aliphatic heterocycles. The van der Waals surface area contributed by atoms with Crippen LogP contribution in [0.25, 0.3) is 0 Å². The van der Waals surface area contributed by atoms with E-state index in [1.807, 2.05) is 6.92 Å². The number of rotatable bonds is 12. The Kier molecular flexibility index (Phi) is 13.6. The second-order valence-electron chi connectivity index (χ2n) is 14.5. The number of ether oxygens (including phenoxy) is 9. The Balaban J connectivity index is 1.76. The molecule has 14 heteroatoms. The molecule has 13 nitrogen and oxygen atoms in total. The number of esters is 3. The van der Waals surface area contributed by atoms with E-state index >= 15 is 0 Å². The summed E-state index contributed by atoms with van der Waals surface area (Å²) in [6.45, 7) is 20.3. The quantitative estimate of drug-likeness (QED) is 0.182. The Hall–Kier alpha value is -1.65. The fourth-order valence-electron chi connectivity index (χ4n) is 6.24. The molecule has 0 bridgehead atoms. The lowest BCUT2D eigenvalue weighted by molar-refractivity contribution is -0.330. The Morgan fingerprint density at radius 3 is 1.78 bits per heavy atom. The normalized spacial score (nSPS) is 38.7. The highest BCUT2D eigenvalue weighted by Crippen LogP contribution is 2.38. The van der Waals surface area contributed by atoms with Crippen molar-refractivity contribution in [3.8, 4) is 0 Å². The molecule has 0 spiro atoms. The van der Waals surface area contributed by atoms with Crippen molar-refractivity contribution in [3.05, 3.63) is 0 Å². The topological polar surface area (TPSA) is 155 Å². The first-order valence-corrected chi connectivity index (χ1v) is 20.1. The van der Waals surface area contributed by atoms with Gasteiger partial charge < -0.3 is 47.7 Å². The van der Waals surface area contributed by atoms with Crippen LogP contribution in [0, 0.1) is 5.92 Å². The summed E-state index contributed by atoms with van der Waals surface area (Å²) in [6.07, 6.45) is -7.00. The molecule has 12 atom stereocenters. The fourth-order valence-corrected chi connectivity index (χ4v) is 6.97. The predicted molar refractivity (Wildman–Crippen MR) is 167 cm³/mol. The van der Waals surface area contributed by atoms with Crippen LogP contribution >= 0.6 is 0 Å². The zero-order valence-electron chi connectivity index (χ0n) is 29.3. The van der Waals surface area contributed by atoms with Crippen LogP contribution in [0.15, 0.2) is 0 Å². The van der Waals surface area contributed by atoms with Gasteiger partial charge in [0.05, 0.1) is 30.0 Å². The summed E-state index contributed by atoms with van der Waals surface area (Å²) in [5.74, 6) is -2.44. The minimum Gasteiger partial charge on any atom is -0.463 e. The van der Waals surface area contributed by atoms with Crippen LogP contribution < -0.4 is 0 Å². The van der Waals surface area contributed by atoms with Gasteiger partial charge in [-0.1, -0.05) is 19.6 Å². The molecule has 0 aromatic heterocycles. The maximum Gasteiger partial charge on any atom is 0.314 e. The van der Waals surface area contributed by atoms with E-state index in [1.54, 1.807) is 34.6 Å². The van der Waals surface area contributed by atoms with E-state index in [-0.39, 0.29) is 18.9 Å². The van der Waals surface area contributed by atoms with Crippen LogP contribution in [-0.4, -0.2) is 111 Å². The third-order valence-corrected chi connectivity index (χ3v) is 10.0. The van der Waals surface area contributed by atoms with Crippen LogP contribution in [0.1, 0.15) is 74.7 Å². The molecule has 3 fully saturated rings. The average Bonchev–Trinajstić information content (AvgIpc) is 2.85. The lowest BCUT2D eigenvalue weighted by Crippen LogP contribution is -2.58. The highest BCUT2D eigenvalue weighted by molar-refractivity contribution is 6.76. The van der Waals surface area contributed by atoms with Gasteiger partial charge in [-0.2, -0.15) is 0 Å². The zero-order valence-corrected chi connectivity index (χ0v) is 30.3. The fraction of sp³-hybridized carbons (Fsp3) is 0.906. The Morgan fingerprint density at radius 2 is 1.30 bits per heavy atom. The summed E-state index contributed by atoms with van der Waals surface area (Å²) < 4.78 is 53.8. The van der Waals surface area contributed by atoms with Gasteiger partial charge in [-0.15, -0.1) is 0 Å². The van der Waals surface area contributed by atoms with Crippen molar-refractivity contribution in [2.24, 2.45) is 5.92 Å². The molecule has 0 aromatic rings. The van der Waals surface area contributed by atoms with Gasteiger partial charge in [-0.05, 0) is 47.6 Å². The van der Waals surface area contributed by atoms with E-state index < -0.39 is 99.1 Å². The third-order valence-electron chi connectivity index (χ3n) is 8.35. The molecular weight excluding hydrogens is 620 g/mol. The van der Waals surface area contributed by atoms with Crippen molar-refractivity contribution < 1.29 is 62.1 Å². The predicted octanol–water partition coefficient (Wildman–Crippen LogP) is 3.70. The van der Waals surface area contributed by atoms with Gasteiger partial charge >= 0.3 is 17.9 Å². The third kappa shape index (κ3) is 11.2. The van der Waals surface area contributed by atoms with Crippen molar-refractivity contribution in [1.29, 1.82) is 0 Å². The van der Waals surface area contributed by atoms with Crippen molar-refractivity contribution in [2.45, 2.75) is 174 Å². The molecule has 0 radical (unpaired) electrons. The van der Waals surface area contributed by atoms with E-state index in [2.05, 4.69) is 19.6 Å². The lowest BCUT2D eigenvalue weighted by Gasteiger charge is -2.47. The number of carbonyl (C=O) groups is 3. The average molecular weight is 677 g/mol. The molecule has 46 heavy (non-hydrogen) atoms. The van der Waals surface area contributed by atoms with Gasteiger partial charge in [-0.25, -0.2) is 0 Å². The maximum atomic E-state index is 12.8. The Bertz CT molecular complexity index is 1030. The largest absolute Gasteiger partial charge is 0.463 e. The highest BCUT2D eigenvalue weighted by Gasteiger charge is 2.52. The maximum absolute atomic E-state index is 12.8. The summed E-state index contributed by atoms with van der Waals surface area (Å²) in [4.78, 5) is 36.8. The van der Waals surface area contributed by atoms with Crippen LogP contribution in [0.5, 0.6) is 0 Å². The van der Waals surface area contributed by atoms with Crippen molar-refractivity contribution in [3.63, 3.8) is 0 Å².